The van der Waals surface area contributed by atoms with Crippen molar-refractivity contribution >= 4 is 35.1 Å². The molecule has 1 saturated carbocycles. The van der Waals surface area contributed by atoms with Gasteiger partial charge in [0.05, 0.1) is 5.02 Å². The monoisotopic (exact) mass is 411 g/mol. The summed E-state index contributed by atoms with van der Waals surface area (Å²) in [5.74, 6) is -1.79. The Morgan fingerprint density at radius 2 is 1.93 bits per heavy atom. The Hall–Kier alpha value is -2.35. The van der Waals surface area contributed by atoms with Crippen molar-refractivity contribution in [2.75, 3.05) is 11.9 Å². The van der Waals surface area contributed by atoms with Gasteiger partial charge in [-0.1, -0.05) is 30.9 Å². The molecule has 6 N–H and O–H groups in total. The molecule has 0 aliphatic heterocycles. The zero-order valence-corrected chi connectivity index (χ0v) is 16.5. The molecule has 28 heavy (non-hydrogen) atoms. The Kier molecular flexibility index (Phi) is 8.50. The second-order valence-corrected chi connectivity index (χ2v) is 7.42. The van der Waals surface area contributed by atoms with Gasteiger partial charge in [0.1, 0.15) is 5.82 Å². The minimum absolute atomic E-state index is 0.0444. The molecule has 2 rings (SSSR count). The van der Waals surface area contributed by atoms with Crippen LogP contribution >= 0.6 is 11.6 Å². The maximum absolute atomic E-state index is 13.5. The van der Waals surface area contributed by atoms with Crippen LogP contribution in [0, 0.1) is 11.7 Å². The lowest BCUT2D eigenvalue weighted by Crippen LogP contribution is -2.46. The van der Waals surface area contributed by atoms with Crippen molar-refractivity contribution in [3.63, 3.8) is 0 Å². The van der Waals surface area contributed by atoms with Crippen molar-refractivity contribution in [1.29, 1.82) is 0 Å². The van der Waals surface area contributed by atoms with Crippen molar-refractivity contribution in [3.8, 4) is 0 Å². The number of halogens is 2. The minimum Gasteiger partial charge on any atom is -0.370 e. The van der Waals surface area contributed by atoms with E-state index in [4.69, 9.17) is 23.1 Å². The maximum atomic E-state index is 13.5. The number of nitrogens with two attached hydrogens (primary N) is 2. The van der Waals surface area contributed by atoms with E-state index in [2.05, 4.69) is 15.6 Å². The van der Waals surface area contributed by atoms with Gasteiger partial charge in [-0.05, 0) is 49.8 Å². The summed E-state index contributed by atoms with van der Waals surface area (Å²) in [6.07, 6.45) is 6.74. The van der Waals surface area contributed by atoms with E-state index in [1.54, 1.807) is 0 Å². The van der Waals surface area contributed by atoms with Crippen LogP contribution in [0.5, 0.6) is 0 Å². The number of unbranched alkanes of at least 4 members (excludes halogenated alkanes) is 1. The van der Waals surface area contributed by atoms with Gasteiger partial charge in [0.2, 0.25) is 0 Å². The van der Waals surface area contributed by atoms with Gasteiger partial charge in [-0.15, -0.1) is 0 Å². The summed E-state index contributed by atoms with van der Waals surface area (Å²) in [7, 11) is 0. The Bertz CT molecular complexity index is 724. The molecular weight excluding hydrogens is 385 g/mol. The van der Waals surface area contributed by atoms with Crippen LogP contribution in [0.25, 0.3) is 0 Å². The number of rotatable bonds is 7. The summed E-state index contributed by atoms with van der Waals surface area (Å²) >= 11 is 5.61. The summed E-state index contributed by atoms with van der Waals surface area (Å²) in [6, 6.07) is 3.80. The summed E-state index contributed by atoms with van der Waals surface area (Å²) in [5.41, 5.74) is 10.8. The van der Waals surface area contributed by atoms with Crippen molar-refractivity contribution in [3.05, 3.63) is 29.0 Å². The van der Waals surface area contributed by atoms with Crippen LogP contribution in [0.15, 0.2) is 23.2 Å². The molecule has 1 aromatic rings. The van der Waals surface area contributed by atoms with E-state index < -0.39 is 17.6 Å². The first-order valence-electron chi connectivity index (χ1n) is 9.49. The lowest BCUT2D eigenvalue weighted by Gasteiger charge is -2.32. The summed E-state index contributed by atoms with van der Waals surface area (Å²) in [4.78, 5) is 28.4. The zero-order valence-electron chi connectivity index (χ0n) is 15.7. The highest BCUT2D eigenvalue weighted by molar-refractivity contribution is 6.39. The quantitative estimate of drug-likeness (QED) is 0.238. The third-order valence-corrected chi connectivity index (χ3v) is 5.19. The second kappa shape index (κ2) is 10.8. The SMILES string of the molecule is NC(N)=NCCCCC1CCCCC1NC(=O)C(=O)Nc1ccc(Cl)c(F)c1. The third kappa shape index (κ3) is 6.99. The van der Waals surface area contributed by atoms with Crippen LogP contribution in [0.4, 0.5) is 10.1 Å². The van der Waals surface area contributed by atoms with Crippen LogP contribution in [0.2, 0.25) is 5.02 Å². The van der Waals surface area contributed by atoms with Crippen LogP contribution in [-0.4, -0.2) is 30.4 Å². The molecular formula is C19H27ClFN5O2. The average molecular weight is 412 g/mol. The molecule has 1 aromatic carbocycles. The van der Waals surface area contributed by atoms with Gasteiger partial charge in [-0.25, -0.2) is 4.39 Å². The largest absolute Gasteiger partial charge is 0.370 e. The van der Waals surface area contributed by atoms with Crippen LogP contribution in [0.3, 0.4) is 0 Å². The molecule has 154 valence electrons. The lowest BCUT2D eigenvalue weighted by atomic mass is 9.81. The molecule has 1 aliphatic carbocycles. The van der Waals surface area contributed by atoms with E-state index in [-0.39, 0.29) is 22.7 Å². The predicted molar refractivity (Wildman–Crippen MR) is 108 cm³/mol. The number of hydrogen-bond donors (Lipinski definition) is 4. The van der Waals surface area contributed by atoms with Crippen LogP contribution in [0.1, 0.15) is 44.9 Å². The van der Waals surface area contributed by atoms with Crippen molar-refractivity contribution in [2.45, 2.75) is 51.0 Å². The molecule has 9 heteroatoms. The fourth-order valence-corrected chi connectivity index (χ4v) is 3.58. The first-order chi connectivity index (χ1) is 13.4. The third-order valence-electron chi connectivity index (χ3n) is 4.89. The number of amides is 2. The van der Waals surface area contributed by atoms with Crippen molar-refractivity contribution < 1.29 is 14.0 Å². The number of guanidine groups is 1. The van der Waals surface area contributed by atoms with E-state index in [1.807, 2.05) is 0 Å². The first kappa shape index (κ1) is 21.9. The zero-order chi connectivity index (χ0) is 20.5. The molecule has 1 fully saturated rings. The normalized spacial score (nSPS) is 18.9. The van der Waals surface area contributed by atoms with E-state index in [9.17, 15) is 14.0 Å². The molecule has 0 aromatic heterocycles. The number of hydrogen-bond acceptors (Lipinski definition) is 3. The molecule has 0 spiro atoms. The molecule has 0 saturated heterocycles. The molecule has 0 bridgehead atoms. The Morgan fingerprint density at radius 3 is 2.64 bits per heavy atom. The number of nitrogens with one attached hydrogen (secondary N) is 2. The van der Waals surface area contributed by atoms with Crippen molar-refractivity contribution in [2.24, 2.45) is 22.4 Å². The Morgan fingerprint density at radius 1 is 1.18 bits per heavy atom. The number of anilines is 1. The molecule has 1 aliphatic rings. The van der Waals surface area contributed by atoms with Crippen LogP contribution in [-0.2, 0) is 9.59 Å². The molecule has 0 heterocycles. The van der Waals surface area contributed by atoms with Gasteiger partial charge >= 0.3 is 11.8 Å². The maximum Gasteiger partial charge on any atom is 0.313 e. The summed E-state index contributed by atoms with van der Waals surface area (Å²) < 4.78 is 13.5. The van der Waals surface area contributed by atoms with Gasteiger partial charge in [0.25, 0.3) is 0 Å². The van der Waals surface area contributed by atoms with E-state index in [1.165, 1.54) is 12.1 Å². The van der Waals surface area contributed by atoms with Crippen LogP contribution < -0.4 is 22.1 Å². The van der Waals surface area contributed by atoms with Crippen molar-refractivity contribution in [1.82, 2.24) is 5.32 Å². The van der Waals surface area contributed by atoms with E-state index >= 15 is 0 Å². The highest BCUT2D eigenvalue weighted by Crippen LogP contribution is 2.28. The van der Waals surface area contributed by atoms with E-state index in [0.717, 1.165) is 51.0 Å². The molecule has 7 nitrogen and oxygen atoms in total. The average Bonchev–Trinajstić information content (AvgIpc) is 2.65. The lowest BCUT2D eigenvalue weighted by molar-refractivity contribution is -0.137. The van der Waals surface area contributed by atoms with Gasteiger partial charge in [-0.3, -0.25) is 14.6 Å². The highest BCUT2D eigenvalue weighted by atomic mass is 35.5. The highest BCUT2D eigenvalue weighted by Gasteiger charge is 2.28. The molecule has 2 amide bonds. The van der Waals surface area contributed by atoms with Gasteiger partial charge in [0, 0.05) is 18.3 Å². The minimum atomic E-state index is -0.821. The summed E-state index contributed by atoms with van der Waals surface area (Å²) in [5, 5.41) is 5.18. The van der Waals surface area contributed by atoms with Gasteiger partial charge < -0.3 is 22.1 Å². The molecule has 2 atom stereocenters. The van der Waals surface area contributed by atoms with Gasteiger partial charge in [-0.2, -0.15) is 0 Å². The number of carbonyl (C=O) groups excluding carboxylic acids is 2. The fraction of sp³-hybridized carbons (Fsp3) is 0.526. The Labute approximate surface area is 169 Å². The molecule has 2 unspecified atom stereocenters. The number of benzene rings is 1. The second-order valence-electron chi connectivity index (χ2n) is 7.01. The van der Waals surface area contributed by atoms with E-state index in [0.29, 0.717) is 12.5 Å². The summed E-state index contributed by atoms with van der Waals surface area (Å²) in [6.45, 7) is 0.589. The number of nitrogens with zero attached hydrogens (tertiary/aromatic N) is 1. The fourth-order valence-electron chi connectivity index (χ4n) is 3.47. The standard InChI is InChI=1S/C19H27ClFN5O2/c20-14-9-8-13(11-15(14)21)25-17(27)18(28)26-16-7-2-1-5-12(16)6-3-4-10-24-19(22)23/h8-9,11-12,16H,1-7,10H2,(H,25,27)(H,26,28)(H4,22,23,24). The topological polar surface area (TPSA) is 123 Å². The smallest absolute Gasteiger partial charge is 0.313 e. The Balaban J connectivity index is 1.84. The predicted octanol–water partition coefficient (Wildman–Crippen LogP) is 2.54. The molecule has 0 radical (unpaired) electrons. The van der Waals surface area contributed by atoms with Gasteiger partial charge in [0.15, 0.2) is 5.96 Å². The number of aliphatic imine (C=N–C) groups is 1. The first-order valence-corrected chi connectivity index (χ1v) is 9.87. The number of carbonyl (C=O) groups is 2.